The summed E-state index contributed by atoms with van der Waals surface area (Å²) in [6, 6.07) is 18.9. The van der Waals surface area contributed by atoms with Crippen LogP contribution in [-0.2, 0) is 0 Å². The van der Waals surface area contributed by atoms with E-state index in [0.717, 1.165) is 23.0 Å². The lowest BCUT2D eigenvalue weighted by Gasteiger charge is -2.24. The van der Waals surface area contributed by atoms with Crippen LogP contribution in [0, 0.1) is 0 Å². The first kappa shape index (κ1) is 25.1. The SMILES string of the molecule is COc1cc2c3cc(OC)c4c5ccc6c7c(OC)cc8c9cc(OC)c%10c%11ccc%12c1c1c2c2c3c4c3c5c6c4c7c8c5c9c%10c6c%11c%12c1c1c2c3c4c5c61. The zero-order chi connectivity index (χ0) is 35.6. The second-order valence-electron chi connectivity index (χ2n) is 17.3. The maximum atomic E-state index is 6.45. The van der Waals surface area contributed by atoms with Gasteiger partial charge in [-0.25, -0.2) is 0 Å². The largest absolute Gasteiger partial charge is 0.496 e. The van der Waals surface area contributed by atoms with Crippen LogP contribution in [0.5, 0.6) is 23.0 Å². The van der Waals surface area contributed by atoms with Gasteiger partial charge in [0.15, 0.2) is 0 Å². The van der Waals surface area contributed by atoms with Gasteiger partial charge in [0.2, 0.25) is 0 Å². The third kappa shape index (κ3) is 1.80. The third-order valence-electron chi connectivity index (χ3n) is 16.1. The van der Waals surface area contributed by atoms with Crippen LogP contribution in [0.1, 0.15) is 0 Å². The molecule has 0 aliphatic rings. The summed E-state index contributed by atoms with van der Waals surface area (Å²) in [5, 5.41) is 48.8. The van der Waals surface area contributed by atoms with Gasteiger partial charge in [0.05, 0.1) is 28.4 Å². The molecule has 0 saturated heterocycles. The minimum Gasteiger partial charge on any atom is -0.496 e. The normalized spacial score (nSPS) is 14.8. The first-order chi connectivity index (χ1) is 27.7. The molecule has 0 radical (unpaired) electrons. The molecule has 0 N–H and O–H groups in total. The van der Waals surface area contributed by atoms with E-state index in [4.69, 9.17) is 18.9 Å². The Labute approximate surface area is 311 Å². The predicted octanol–water partition coefficient (Wildman–Crippen LogP) is 14.0. The van der Waals surface area contributed by atoms with Crippen LogP contribution in [0.4, 0.5) is 0 Å². The maximum absolute atomic E-state index is 6.45. The summed E-state index contributed by atoms with van der Waals surface area (Å²) in [5.41, 5.74) is 0. The van der Waals surface area contributed by atoms with E-state index < -0.39 is 0 Å². The summed E-state index contributed by atoms with van der Waals surface area (Å²) in [7, 11) is 7.39. The third-order valence-corrected chi connectivity index (χ3v) is 16.1. The topological polar surface area (TPSA) is 36.9 Å². The smallest absolute Gasteiger partial charge is 0.127 e. The summed E-state index contributed by atoms with van der Waals surface area (Å²) in [6.45, 7) is 0. The van der Waals surface area contributed by atoms with Gasteiger partial charge in [0, 0.05) is 86.2 Å². The number of rotatable bonds is 4. The summed E-state index contributed by atoms with van der Waals surface area (Å²) >= 11 is 0. The van der Waals surface area contributed by atoms with Crippen molar-refractivity contribution in [3.63, 3.8) is 0 Å². The van der Waals surface area contributed by atoms with Crippen molar-refractivity contribution in [1.29, 1.82) is 0 Å². The summed E-state index contributed by atoms with van der Waals surface area (Å²) < 4.78 is 25.8. The van der Waals surface area contributed by atoms with Crippen LogP contribution in [0.15, 0.2) is 48.5 Å². The van der Waals surface area contributed by atoms with E-state index in [-0.39, 0.29) is 0 Å². The summed E-state index contributed by atoms with van der Waals surface area (Å²) in [5.74, 6) is 3.78. The molecule has 0 aromatic heterocycles. The van der Waals surface area contributed by atoms with E-state index in [1.54, 1.807) is 0 Å². The lowest BCUT2D eigenvalue weighted by Crippen LogP contribution is -1.95. The molecule has 56 heavy (non-hydrogen) atoms. The van der Waals surface area contributed by atoms with E-state index in [9.17, 15) is 0 Å². The van der Waals surface area contributed by atoms with Gasteiger partial charge in [-0.05, 0) is 132 Å². The molecule has 0 spiro atoms. The highest BCUT2D eigenvalue weighted by Crippen LogP contribution is 2.70. The Morgan fingerprint density at radius 2 is 0.357 bits per heavy atom. The fraction of sp³-hybridized carbons (Fsp3) is 0.0769. The van der Waals surface area contributed by atoms with Gasteiger partial charge in [-0.2, -0.15) is 0 Å². The lowest BCUT2D eigenvalue weighted by molar-refractivity contribution is 0.420. The molecule has 4 nitrogen and oxygen atoms in total. The number of methoxy groups -OCH3 is 4. The zero-order valence-electron chi connectivity index (χ0n) is 30.3. The lowest BCUT2D eigenvalue weighted by atomic mass is 9.77. The molecular weight excluding hydrogens is 689 g/mol. The van der Waals surface area contributed by atoms with Gasteiger partial charge in [-0.1, -0.05) is 24.3 Å². The first-order valence-electron chi connectivity index (χ1n) is 19.6. The van der Waals surface area contributed by atoms with Crippen molar-refractivity contribution in [2.45, 2.75) is 0 Å². The molecule has 0 aliphatic heterocycles. The molecule has 19 aromatic carbocycles. The molecule has 0 bridgehead atoms. The van der Waals surface area contributed by atoms with Gasteiger partial charge < -0.3 is 18.9 Å². The van der Waals surface area contributed by atoms with Crippen molar-refractivity contribution in [2.75, 3.05) is 28.4 Å². The monoisotopic (exact) mass is 708 g/mol. The standard InChI is InChI=1S/C52H20O4/c1-53-21-9-17-18-10-22(54-2)27-15-7-8-16-28-24(56-4)12-20-19-11-23(55-3)26-14-6-5-13-25(21)37-33(17)41-34(18)38(27)45-31(15)32(16)46-40(28)36(20)42-35(19)39(26)44-30(14)29(13)43(37)49-47(41)51(45)52(46)48(42)50(44)49/h5-12H,1-4H3. The summed E-state index contributed by atoms with van der Waals surface area (Å²) in [6.07, 6.45) is 0. The van der Waals surface area contributed by atoms with Crippen molar-refractivity contribution in [3.05, 3.63) is 48.5 Å². The van der Waals surface area contributed by atoms with Gasteiger partial charge >= 0.3 is 0 Å². The maximum Gasteiger partial charge on any atom is 0.127 e. The van der Waals surface area contributed by atoms with Gasteiger partial charge in [-0.15, -0.1) is 0 Å². The number of hydrogen-bond donors (Lipinski definition) is 0. The quantitative estimate of drug-likeness (QED) is 0.135. The molecule has 0 atom stereocenters. The fourth-order valence-corrected chi connectivity index (χ4v) is 14.8. The van der Waals surface area contributed by atoms with Crippen molar-refractivity contribution in [3.8, 4) is 23.0 Å². The van der Waals surface area contributed by atoms with Crippen LogP contribution in [0.3, 0.4) is 0 Å². The minimum atomic E-state index is 0.945. The molecule has 19 rings (SSSR count). The van der Waals surface area contributed by atoms with Crippen LogP contribution >= 0.6 is 0 Å². The van der Waals surface area contributed by atoms with Crippen LogP contribution in [-0.4, -0.2) is 28.4 Å². The minimum absolute atomic E-state index is 0.945. The van der Waals surface area contributed by atoms with Crippen LogP contribution in [0.2, 0.25) is 0 Å². The Morgan fingerprint density at radius 1 is 0.196 bits per heavy atom. The summed E-state index contributed by atoms with van der Waals surface area (Å²) in [4.78, 5) is 0. The first-order valence-corrected chi connectivity index (χ1v) is 19.6. The van der Waals surface area contributed by atoms with Crippen molar-refractivity contribution in [2.24, 2.45) is 0 Å². The Kier molecular flexibility index (Phi) is 3.04. The van der Waals surface area contributed by atoms with Crippen molar-refractivity contribution < 1.29 is 18.9 Å². The molecule has 0 saturated carbocycles. The highest BCUT2D eigenvalue weighted by atomic mass is 16.5. The van der Waals surface area contributed by atoms with E-state index in [0.29, 0.717) is 0 Å². The van der Waals surface area contributed by atoms with E-state index in [1.807, 2.05) is 28.4 Å². The Bertz CT molecular complexity index is 4270. The van der Waals surface area contributed by atoms with Crippen molar-refractivity contribution in [1.82, 2.24) is 0 Å². The molecule has 0 aliphatic carbocycles. The van der Waals surface area contributed by atoms with E-state index in [2.05, 4.69) is 48.5 Å². The number of hydrogen-bond acceptors (Lipinski definition) is 4. The van der Waals surface area contributed by atoms with E-state index in [1.165, 1.54) is 194 Å². The molecule has 4 heteroatoms. The average molecular weight is 709 g/mol. The molecule has 252 valence electrons. The Morgan fingerprint density at radius 3 is 0.571 bits per heavy atom. The Balaban J connectivity index is 1.38. The zero-order valence-corrected chi connectivity index (χ0v) is 30.3. The van der Waals surface area contributed by atoms with Crippen molar-refractivity contribution >= 4 is 194 Å². The van der Waals surface area contributed by atoms with Gasteiger partial charge in [0.1, 0.15) is 23.0 Å². The fourth-order valence-electron chi connectivity index (χ4n) is 14.8. The predicted molar refractivity (Wildman–Crippen MR) is 236 cm³/mol. The van der Waals surface area contributed by atoms with E-state index >= 15 is 0 Å². The molecule has 0 heterocycles. The van der Waals surface area contributed by atoms with Crippen LogP contribution < -0.4 is 18.9 Å². The number of ether oxygens (including phenoxy) is 4. The Hall–Kier alpha value is -7.04. The molecule has 0 unspecified atom stereocenters. The molecule has 0 fully saturated rings. The molecule has 19 aromatic rings. The van der Waals surface area contributed by atoms with Crippen LogP contribution in [0.25, 0.3) is 194 Å². The van der Waals surface area contributed by atoms with Gasteiger partial charge in [0.25, 0.3) is 0 Å². The molecular formula is C52H20O4. The molecule has 0 amide bonds. The van der Waals surface area contributed by atoms with Gasteiger partial charge in [-0.3, -0.25) is 0 Å². The second-order valence-corrected chi connectivity index (χ2v) is 17.3. The highest BCUT2D eigenvalue weighted by Gasteiger charge is 2.41. The highest BCUT2D eigenvalue weighted by molar-refractivity contribution is 6.71. The average Bonchev–Trinajstić information content (AvgIpc) is 4.06. The number of benzene rings is 13. The number of fused-ring (bicyclic) bond motifs is 6. The second kappa shape index (κ2) is 6.77.